The Bertz CT molecular complexity index is 169. The minimum Gasteiger partial charge on any atom is -0.396 e. The predicted molar refractivity (Wildman–Crippen MR) is 39.9 cm³/mol. The van der Waals surface area contributed by atoms with Crippen LogP contribution in [0.25, 0.3) is 0 Å². The molecule has 12 heavy (non-hydrogen) atoms. The number of hydrogen-bond donors (Lipinski definition) is 4. The van der Waals surface area contributed by atoms with E-state index >= 15 is 0 Å². The molecule has 5 N–H and O–H groups in total. The largest absolute Gasteiger partial charge is 0.396 e. The summed E-state index contributed by atoms with van der Waals surface area (Å²) in [5.74, 6) is -1.42. The van der Waals surface area contributed by atoms with Crippen molar-refractivity contribution >= 4 is 11.8 Å². The molecule has 0 aromatic carbocycles. The van der Waals surface area contributed by atoms with E-state index in [1.807, 2.05) is 0 Å². The number of amides is 2. The van der Waals surface area contributed by atoms with E-state index in [1.54, 1.807) is 0 Å². The number of carbonyl (C=O) groups is 2. The summed E-state index contributed by atoms with van der Waals surface area (Å²) in [5.41, 5.74) is 4.88. The van der Waals surface area contributed by atoms with Gasteiger partial charge in [0.15, 0.2) is 0 Å². The molecule has 0 rings (SSSR count). The first-order valence-electron chi connectivity index (χ1n) is 3.42. The fourth-order valence-electron chi connectivity index (χ4n) is 0.655. The zero-order valence-corrected chi connectivity index (χ0v) is 6.49. The molecule has 0 saturated carbocycles. The van der Waals surface area contributed by atoms with Crippen molar-refractivity contribution in [1.82, 2.24) is 5.32 Å². The van der Waals surface area contributed by atoms with Gasteiger partial charge in [0.25, 0.3) is 0 Å². The Morgan fingerprint density at radius 3 is 2.33 bits per heavy atom. The summed E-state index contributed by atoms with van der Waals surface area (Å²) in [6.07, 6.45) is 0.0566. The normalized spacial score (nSPS) is 12.2. The van der Waals surface area contributed by atoms with Gasteiger partial charge in [-0.25, -0.2) is 0 Å². The third-order valence-electron chi connectivity index (χ3n) is 1.24. The minimum absolute atomic E-state index is 0.0566. The molecule has 0 aliphatic heterocycles. The van der Waals surface area contributed by atoms with Gasteiger partial charge in [0.1, 0.15) is 12.6 Å². The highest BCUT2D eigenvalue weighted by atomic mass is 16.3. The van der Waals surface area contributed by atoms with Crippen molar-refractivity contribution in [3.63, 3.8) is 0 Å². The lowest BCUT2D eigenvalue weighted by molar-refractivity contribution is -0.129. The van der Waals surface area contributed by atoms with E-state index < -0.39 is 24.5 Å². The topological polar surface area (TPSA) is 113 Å². The predicted octanol–water partition coefficient (Wildman–Crippen LogP) is -2.67. The van der Waals surface area contributed by atoms with Crippen molar-refractivity contribution in [1.29, 1.82) is 0 Å². The Kier molecular flexibility index (Phi) is 4.98. The van der Waals surface area contributed by atoms with E-state index in [0.29, 0.717) is 0 Å². The molecule has 6 nitrogen and oxygen atoms in total. The summed E-state index contributed by atoms with van der Waals surface area (Å²) in [6, 6.07) is -0.908. The SMILES string of the molecule is NC(=O)C(CCO)NC(=O)CO. The molecule has 70 valence electrons. The Morgan fingerprint density at radius 2 is 2.00 bits per heavy atom. The summed E-state index contributed by atoms with van der Waals surface area (Å²) in [5, 5.41) is 18.9. The van der Waals surface area contributed by atoms with Crippen molar-refractivity contribution in [2.75, 3.05) is 13.2 Å². The minimum atomic E-state index is -0.908. The highest BCUT2D eigenvalue weighted by Gasteiger charge is 2.16. The van der Waals surface area contributed by atoms with Crippen LogP contribution in [-0.4, -0.2) is 41.3 Å². The number of aliphatic hydroxyl groups excluding tert-OH is 2. The van der Waals surface area contributed by atoms with Gasteiger partial charge >= 0.3 is 0 Å². The average molecular weight is 176 g/mol. The molecule has 0 spiro atoms. The first kappa shape index (κ1) is 10.9. The van der Waals surface area contributed by atoms with Gasteiger partial charge in [-0.15, -0.1) is 0 Å². The van der Waals surface area contributed by atoms with Crippen molar-refractivity contribution < 1.29 is 19.8 Å². The molecular weight excluding hydrogens is 164 g/mol. The van der Waals surface area contributed by atoms with Gasteiger partial charge in [0.05, 0.1) is 0 Å². The zero-order valence-electron chi connectivity index (χ0n) is 6.49. The van der Waals surface area contributed by atoms with Crippen molar-refractivity contribution in [2.45, 2.75) is 12.5 Å². The molecule has 0 radical (unpaired) electrons. The van der Waals surface area contributed by atoms with E-state index in [4.69, 9.17) is 15.9 Å². The molecule has 2 amide bonds. The van der Waals surface area contributed by atoms with E-state index in [-0.39, 0.29) is 13.0 Å². The lowest BCUT2D eigenvalue weighted by atomic mass is 10.2. The van der Waals surface area contributed by atoms with Crippen LogP contribution < -0.4 is 11.1 Å². The Hall–Kier alpha value is -1.14. The van der Waals surface area contributed by atoms with Crippen LogP contribution >= 0.6 is 0 Å². The summed E-state index contributed by atoms with van der Waals surface area (Å²) >= 11 is 0. The first-order chi connectivity index (χ1) is 5.61. The van der Waals surface area contributed by atoms with Gasteiger partial charge in [-0.2, -0.15) is 0 Å². The summed E-state index contributed by atoms with van der Waals surface area (Å²) in [4.78, 5) is 21.1. The first-order valence-corrected chi connectivity index (χ1v) is 3.42. The van der Waals surface area contributed by atoms with E-state index in [0.717, 1.165) is 0 Å². The molecule has 1 atom stereocenters. The second-order valence-corrected chi connectivity index (χ2v) is 2.19. The summed E-state index contributed by atoms with van der Waals surface area (Å²) in [7, 11) is 0. The number of hydrogen-bond acceptors (Lipinski definition) is 4. The molecule has 1 unspecified atom stereocenters. The Labute approximate surface area is 69.4 Å². The van der Waals surface area contributed by atoms with Crippen molar-refractivity contribution in [2.24, 2.45) is 5.73 Å². The molecular formula is C6H12N2O4. The van der Waals surface area contributed by atoms with Crippen LogP contribution in [-0.2, 0) is 9.59 Å². The van der Waals surface area contributed by atoms with Crippen LogP contribution in [0, 0.1) is 0 Å². The van der Waals surface area contributed by atoms with Crippen LogP contribution in [0.5, 0.6) is 0 Å². The van der Waals surface area contributed by atoms with Crippen LogP contribution in [0.1, 0.15) is 6.42 Å². The van der Waals surface area contributed by atoms with Crippen LogP contribution in [0.3, 0.4) is 0 Å². The van der Waals surface area contributed by atoms with Gasteiger partial charge in [0, 0.05) is 6.61 Å². The standard InChI is InChI=1S/C6H12N2O4/c7-6(12)4(1-2-9)8-5(11)3-10/h4,9-10H,1-3H2,(H2,7,12)(H,8,11). The Balaban J connectivity index is 3.95. The highest BCUT2D eigenvalue weighted by Crippen LogP contribution is 1.88. The average Bonchev–Trinajstić information content (AvgIpc) is 2.03. The molecule has 0 aromatic heterocycles. The number of carbonyl (C=O) groups excluding carboxylic acids is 2. The van der Waals surface area contributed by atoms with Gasteiger partial charge in [0.2, 0.25) is 11.8 Å². The lowest BCUT2D eigenvalue weighted by Crippen LogP contribution is -2.45. The third kappa shape index (κ3) is 3.89. The quantitative estimate of drug-likeness (QED) is 0.366. The fourth-order valence-corrected chi connectivity index (χ4v) is 0.655. The maximum atomic E-state index is 10.6. The molecule has 0 heterocycles. The maximum Gasteiger partial charge on any atom is 0.246 e. The van der Waals surface area contributed by atoms with Crippen LogP contribution in [0.2, 0.25) is 0 Å². The number of aliphatic hydroxyl groups is 2. The maximum absolute atomic E-state index is 10.6. The van der Waals surface area contributed by atoms with E-state index in [1.165, 1.54) is 0 Å². The summed E-state index contributed by atoms with van der Waals surface area (Å²) in [6.45, 7) is -0.950. The number of rotatable bonds is 5. The monoisotopic (exact) mass is 176 g/mol. The molecule has 0 aliphatic rings. The van der Waals surface area contributed by atoms with Gasteiger partial charge in [-0.1, -0.05) is 0 Å². The smallest absolute Gasteiger partial charge is 0.246 e. The molecule has 0 saturated heterocycles. The van der Waals surface area contributed by atoms with Crippen LogP contribution in [0.15, 0.2) is 0 Å². The molecule has 6 heteroatoms. The van der Waals surface area contributed by atoms with E-state index in [2.05, 4.69) is 5.32 Å². The van der Waals surface area contributed by atoms with Gasteiger partial charge in [-0.3, -0.25) is 9.59 Å². The molecule has 0 aliphatic carbocycles. The lowest BCUT2D eigenvalue weighted by Gasteiger charge is -2.12. The molecule has 0 bridgehead atoms. The molecule has 0 fully saturated rings. The van der Waals surface area contributed by atoms with Crippen LogP contribution in [0.4, 0.5) is 0 Å². The number of nitrogens with one attached hydrogen (secondary N) is 1. The second kappa shape index (κ2) is 5.50. The van der Waals surface area contributed by atoms with Gasteiger partial charge < -0.3 is 21.3 Å². The van der Waals surface area contributed by atoms with E-state index in [9.17, 15) is 9.59 Å². The number of nitrogens with two attached hydrogens (primary N) is 1. The van der Waals surface area contributed by atoms with Gasteiger partial charge in [-0.05, 0) is 6.42 Å². The highest BCUT2D eigenvalue weighted by molar-refractivity contribution is 5.86. The zero-order chi connectivity index (χ0) is 9.56. The van der Waals surface area contributed by atoms with Crippen molar-refractivity contribution in [3.8, 4) is 0 Å². The summed E-state index contributed by atoms with van der Waals surface area (Å²) < 4.78 is 0. The number of primary amides is 1. The fraction of sp³-hybridized carbons (Fsp3) is 0.667. The van der Waals surface area contributed by atoms with Crippen molar-refractivity contribution in [3.05, 3.63) is 0 Å². The third-order valence-corrected chi connectivity index (χ3v) is 1.24. The molecule has 0 aromatic rings. The second-order valence-electron chi connectivity index (χ2n) is 2.19. The Morgan fingerprint density at radius 1 is 1.42 bits per heavy atom.